The van der Waals surface area contributed by atoms with E-state index >= 15 is 0 Å². The zero-order chi connectivity index (χ0) is 6.78. The quantitative estimate of drug-likeness (QED) is 0.447. The Morgan fingerprint density at radius 2 is 1.67 bits per heavy atom. The minimum absolute atomic E-state index is 0. The molecule has 1 radical (unpaired) electrons. The van der Waals surface area contributed by atoms with Crippen molar-refractivity contribution < 1.29 is 32.7 Å². The van der Waals surface area contributed by atoms with Crippen molar-refractivity contribution in [3.63, 3.8) is 0 Å². The molecular weight excluding hydrogens is 185 g/mol. The average molecular weight is 197 g/mol. The van der Waals surface area contributed by atoms with Crippen molar-refractivity contribution in [2.24, 2.45) is 5.41 Å². The van der Waals surface area contributed by atoms with E-state index in [1.807, 2.05) is 20.8 Å². The van der Waals surface area contributed by atoms with Gasteiger partial charge >= 0.3 is 0 Å². The maximum absolute atomic E-state index is 5.49. The summed E-state index contributed by atoms with van der Waals surface area (Å²) >= 11 is 0. The average Bonchev–Trinajstić information content (AvgIpc) is 1.62. The minimum atomic E-state index is 0. The topological polar surface area (TPSA) is 0 Å². The van der Waals surface area contributed by atoms with Gasteiger partial charge in [-0.2, -0.15) is 0 Å². The SMILES string of the molecule is [CH-]=CC(=[CH-])C(C)(C)C.[Y]. The van der Waals surface area contributed by atoms with Crippen molar-refractivity contribution >= 4 is 0 Å². The van der Waals surface area contributed by atoms with E-state index in [0.29, 0.717) is 0 Å². The molecule has 0 aromatic carbocycles. The van der Waals surface area contributed by atoms with Crippen LogP contribution in [0.4, 0.5) is 0 Å². The number of rotatable bonds is 1. The van der Waals surface area contributed by atoms with Crippen molar-refractivity contribution in [1.29, 1.82) is 0 Å². The van der Waals surface area contributed by atoms with Crippen LogP contribution < -0.4 is 0 Å². The van der Waals surface area contributed by atoms with Gasteiger partial charge in [-0.25, -0.2) is 0 Å². The van der Waals surface area contributed by atoms with E-state index in [0.717, 1.165) is 5.57 Å². The molecule has 0 heterocycles. The monoisotopic (exact) mass is 197 g/mol. The fourth-order valence-corrected chi connectivity index (χ4v) is 0.250. The number of hydrogen-bond acceptors (Lipinski definition) is 0. The van der Waals surface area contributed by atoms with E-state index in [2.05, 4.69) is 0 Å². The normalized spacial score (nSPS) is 9.67. The molecule has 49 valence electrons. The maximum atomic E-state index is 5.49. The molecule has 9 heavy (non-hydrogen) atoms. The Labute approximate surface area is 83.3 Å². The first-order valence-electron chi connectivity index (χ1n) is 2.66. The summed E-state index contributed by atoms with van der Waals surface area (Å²) < 4.78 is 0. The van der Waals surface area contributed by atoms with Crippen LogP contribution in [0.3, 0.4) is 0 Å². The van der Waals surface area contributed by atoms with Crippen LogP contribution in [-0.4, -0.2) is 0 Å². The molecule has 0 amide bonds. The zero-order valence-electron chi connectivity index (χ0n) is 6.31. The van der Waals surface area contributed by atoms with Gasteiger partial charge in [-0.15, -0.1) is 5.41 Å². The van der Waals surface area contributed by atoms with Crippen LogP contribution in [-0.2, 0) is 32.7 Å². The standard InChI is InChI=1S/C8H12.Y/c1-6-7(2)8(3,4)5;/h1-2,6H,3-5H3;/q-2;. The van der Waals surface area contributed by atoms with Gasteiger partial charge < -0.3 is 24.8 Å². The minimum Gasteiger partial charge on any atom is -0.394 e. The molecule has 0 atom stereocenters. The second kappa shape index (κ2) is 4.41. The number of hydrogen-bond donors (Lipinski definition) is 0. The third-order valence-corrected chi connectivity index (χ3v) is 1.05. The molecule has 1 heteroatoms. The van der Waals surface area contributed by atoms with Crippen molar-refractivity contribution in [2.45, 2.75) is 20.8 Å². The van der Waals surface area contributed by atoms with Gasteiger partial charge in [0.2, 0.25) is 0 Å². The van der Waals surface area contributed by atoms with E-state index in [1.54, 1.807) is 0 Å². The molecule has 0 aliphatic heterocycles. The van der Waals surface area contributed by atoms with E-state index in [-0.39, 0.29) is 38.1 Å². The Morgan fingerprint density at radius 1 is 1.33 bits per heavy atom. The van der Waals surface area contributed by atoms with Crippen LogP contribution in [0.1, 0.15) is 20.8 Å². The largest absolute Gasteiger partial charge is 0.394 e. The second-order valence-electron chi connectivity index (χ2n) is 2.87. The van der Waals surface area contributed by atoms with Crippen LogP contribution in [0.5, 0.6) is 0 Å². The van der Waals surface area contributed by atoms with Gasteiger partial charge in [0.15, 0.2) is 0 Å². The van der Waals surface area contributed by atoms with Gasteiger partial charge in [0.05, 0.1) is 0 Å². The van der Waals surface area contributed by atoms with Gasteiger partial charge in [0, 0.05) is 32.7 Å². The molecule has 0 aliphatic rings. The van der Waals surface area contributed by atoms with Gasteiger partial charge in [0.1, 0.15) is 0 Å². The van der Waals surface area contributed by atoms with Crippen molar-refractivity contribution in [1.82, 2.24) is 0 Å². The summed E-state index contributed by atoms with van der Waals surface area (Å²) in [6.07, 6.45) is 1.44. The van der Waals surface area contributed by atoms with E-state index in [4.69, 9.17) is 13.2 Å². The molecule has 0 spiro atoms. The van der Waals surface area contributed by atoms with E-state index < -0.39 is 0 Å². The van der Waals surface area contributed by atoms with E-state index in [9.17, 15) is 0 Å². The molecule has 0 N–H and O–H groups in total. The Kier molecular flexibility index (Phi) is 6.01. The predicted octanol–water partition coefficient (Wildman–Crippen LogP) is 2.38. The predicted molar refractivity (Wildman–Crippen MR) is 36.1 cm³/mol. The summed E-state index contributed by atoms with van der Waals surface area (Å²) in [6.45, 7) is 16.7. The maximum Gasteiger partial charge on any atom is 0 e. The second-order valence-corrected chi connectivity index (χ2v) is 2.87. The third kappa shape index (κ3) is 5.05. The Bertz CT molecular complexity index is 106. The zero-order valence-corrected chi connectivity index (χ0v) is 9.15. The molecule has 0 unspecified atom stereocenters. The first-order chi connectivity index (χ1) is 3.48. The molecule has 0 aliphatic carbocycles. The Morgan fingerprint density at radius 3 is 1.67 bits per heavy atom. The molecule has 0 bridgehead atoms. The molecule has 0 saturated carbocycles. The molecule has 0 aromatic rings. The van der Waals surface area contributed by atoms with Crippen LogP contribution in [0, 0.1) is 18.6 Å². The van der Waals surface area contributed by atoms with Gasteiger partial charge in [-0.05, 0) is 0 Å². The van der Waals surface area contributed by atoms with Gasteiger partial charge in [-0.1, -0.05) is 20.8 Å². The summed E-state index contributed by atoms with van der Waals surface area (Å²) in [7, 11) is 0. The summed E-state index contributed by atoms with van der Waals surface area (Å²) in [5, 5.41) is 0. The first-order valence-corrected chi connectivity index (χ1v) is 2.66. The molecular formula is C8H12Y-2. The van der Waals surface area contributed by atoms with E-state index in [1.165, 1.54) is 6.08 Å². The fourth-order valence-electron chi connectivity index (χ4n) is 0.250. The van der Waals surface area contributed by atoms with Crippen molar-refractivity contribution in [3.05, 3.63) is 24.8 Å². The van der Waals surface area contributed by atoms with Crippen LogP contribution in [0.25, 0.3) is 0 Å². The van der Waals surface area contributed by atoms with Crippen molar-refractivity contribution in [2.75, 3.05) is 0 Å². The Hall–Kier alpha value is 0.584. The summed E-state index contributed by atoms with van der Waals surface area (Å²) in [5.41, 5.74) is 0.756. The fraction of sp³-hybridized carbons (Fsp3) is 0.500. The van der Waals surface area contributed by atoms with Crippen molar-refractivity contribution in [3.8, 4) is 0 Å². The molecule has 0 aromatic heterocycles. The first kappa shape index (κ1) is 12.3. The van der Waals surface area contributed by atoms with Gasteiger partial charge in [-0.3, -0.25) is 0 Å². The summed E-state index contributed by atoms with van der Waals surface area (Å²) in [6, 6.07) is 0. The third-order valence-electron chi connectivity index (χ3n) is 1.05. The van der Waals surface area contributed by atoms with Crippen LogP contribution in [0.15, 0.2) is 11.6 Å². The Balaban J connectivity index is 0. The molecule has 0 nitrogen and oxygen atoms in total. The number of allylic oxidation sites excluding steroid dienone is 2. The molecule has 0 saturated heterocycles. The van der Waals surface area contributed by atoms with Gasteiger partial charge in [0.25, 0.3) is 0 Å². The smallest absolute Gasteiger partial charge is 0 e. The summed E-state index contributed by atoms with van der Waals surface area (Å²) in [5.74, 6) is 0. The molecule has 0 rings (SSSR count). The van der Waals surface area contributed by atoms with Crippen LogP contribution in [0.2, 0.25) is 0 Å². The molecule has 0 fully saturated rings. The van der Waals surface area contributed by atoms with Crippen LogP contribution >= 0.6 is 0 Å². The summed E-state index contributed by atoms with van der Waals surface area (Å²) in [4.78, 5) is 0.